The molecule has 2 aliphatic heterocycles. The van der Waals surface area contributed by atoms with Crippen LogP contribution in [0, 0.1) is 11.7 Å². The van der Waals surface area contributed by atoms with Crippen LogP contribution >= 0.6 is 0 Å². The summed E-state index contributed by atoms with van der Waals surface area (Å²) in [6, 6.07) is 10.5. The number of carbonyl (C=O) groups excluding carboxylic acids is 1. The maximum absolute atomic E-state index is 15.8. The quantitative estimate of drug-likeness (QED) is 0.312. The van der Waals surface area contributed by atoms with Crippen LogP contribution in [0.5, 0.6) is 5.75 Å². The highest BCUT2D eigenvalue weighted by atomic mass is 19.1. The summed E-state index contributed by atoms with van der Waals surface area (Å²) in [4.78, 5) is 33.9. The Hall–Kier alpha value is -3.74. The largest absolute Gasteiger partial charge is 0.495 e. The molecule has 242 valence electrons. The van der Waals surface area contributed by atoms with Crippen molar-refractivity contribution in [3.8, 4) is 5.75 Å². The number of carboxylic acids is 1. The number of methoxy groups -OCH3 is 1. The van der Waals surface area contributed by atoms with Gasteiger partial charge >= 0.3 is 5.97 Å². The van der Waals surface area contributed by atoms with Crippen LogP contribution in [-0.4, -0.2) is 96.5 Å². The van der Waals surface area contributed by atoms with E-state index in [4.69, 9.17) is 18.6 Å². The van der Waals surface area contributed by atoms with Gasteiger partial charge in [0.15, 0.2) is 11.4 Å². The maximum Gasteiger partial charge on any atom is 0.306 e. The highest BCUT2D eigenvalue weighted by Gasteiger charge is 2.39. The summed E-state index contributed by atoms with van der Waals surface area (Å²) in [7, 11) is 1.56. The van der Waals surface area contributed by atoms with Crippen LogP contribution < -0.4 is 10.1 Å². The van der Waals surface area contributed by atoms with Crippen LogP contribution in [0.15, 0.2) is 40.8 Å². The molecule has 2 atom stereocenters. The molecule has 0 bridgehead atoms. The zero-order chi connectivity index (χ0) is 31.3. The van der Waals surface area contributed by atoms with Gasteiger partial charge in [-0.3, -0.25) is 14.5 Å². The Kier molecular flexibility index (Phi) is 9.82. The molecule has 12 heteroatoms. The van der Waals surface area contributed by atoms with Crippen molar-refractivity contribution in [2.45, 2.75) is 63.1 Å². The molecule has 45 heavy (non-hydrogen) atoms. The molecule has 3 aliphatic rings. The van der Waals surface area contributed by atoms with Gasteiger partial charge in [0.25, 0.3) is 6.01 Å². The Labute approximate surface area is 261 Å². The zero-order valence-electron chi connectivity index (χ0n) is 25.6. The lowest BCUT2D eigenvalue weighted by atomic mass is 9.87. The Balaban J connectivity index is 1.16. The maximum atomic E-state index is 15.8. The number of fused-ring (bicyclic) bond motifs is 1. The van der Waals surface area contributed by atoms with E-state index in [2.05, 4.69) is 15.2 Å². The SMILES string of the molecule is COc1ccccc1Nc1nc2ccc(CC(=O)N3[C@H](COC4CCC(C(=O)O)CC4)CC[C@H]3CN3CCOCC3)c(F)c2o1. The molecule has 11 nitrogen and oxygen atoms in total. The Morgan fingerprint density at radius 3 is 2.56 bits per heavy atom. The third-order valence-electron chi connectivity index (χ3n) is 9.30. The lowest BCUT2D eigenvalue weighted by Crippen LogP contribution is -2.50. The lowest BCUT2D eigenvalue weighted by Gasteiger charge is -2.36. The van der Waals surface area contributed by atoms with Gasteiger partial charge in [-0.15, -0.1) is 0 Å². The van der Waals surface area contributed by atoms with Crippen LogP contribution in [0.2, 0.25) is 0 Å². The molecule has 0 unspecified atom stereocenters. The molecule has 3 heterocycles. The average Bonchev–Trinajstić information content (AvgIpc) is 3.66. The Bertz CT molecular complexity index is 1480. The number of hydrogen-bond donors (Lipinski definition) is 2. The van der Waals surface area contributed by atoms with Crippen molar-refractivity contribution in [2.75, 3.05) is 51.9 Å². The van der Waals surface area contributed by atoms with E-state index in [0.717, 1.165) is 32.5 Å². The van der Waals surface area contributed by atoms with Gasteiger partial charge in [0.1, 0.15) is 11.3 Å². The van der Waals surface area contributed by atoms with Gasteiger partial charge in [-0.25, -0.2) is 4.39 Å². The number of nitrogens with one attached hydrogen (secondary N) is 1. The number of carboxylic acid groups (broad SMARTS) is 1. The summed E-state index contributed by atoms with van der Waals surface area (Å²) in [6.07, 6.45) is 4.12. The van der Waals surface area contributed by atoms with Gasteiger partial charge in [-0.2, -0.15) is 4.98 Å². The molecule has 6 rings (SSSR count). The summed E-state index contributed by atoms with van der Waals surface area (Å²) in [6.45, 7) is 4.08. The molecular formula is C33H41FN4O7. The number of hydrogen-bond acceptors (Lipinski definition) is 9. The predicted molar refractivity (Wildman–Crippen MR) is 164 cm³/mol. The summed E-state index contributed by atoms with van der Waals surface area (Å²) in [5, 5.41) is 12.4. The van der Waals surface area contributed by atoms with E-state index in [-0.39, 0.29) is 53.6 Å². The van der Waals surface area contributed by atoms with Crippen LogP contribution in [0.4, 0.5) is 16.1 Å². The standard InChI is InChI=1S/C33H41FN4O7/c1-42-28-5-3-2-4-26(28)35-33-36-27-13-8-22(30(34)31(27)45-33)18-29(39)38-23(19-37-14-16-43-17-15-37)9-10-24(38)20-44-25-11-6-21(7-12-25)32(40)41/h2-5,8,13,21,23-25H,6-7,9-12,14-20H2,1H3,(H,35,36)(H,40,41)/t21?,23-,24-,25?/m0/s1. The number of aromatic nitrogens is 1. The van der Waals surface area contributed by atoms with E-state index in [1.807, 2.05) is 17.0 Å². The highest BCUT2D eigenvalue weighted by molar-refractivity contribution is 5.83. The molecule has 2 N–H and O–H groups in total. The first-order chi connectivity index (χ1) is 21.9. The predicted octanol–water partition coefficient (Wildman–Crippen LogP) is 4.61. The molecule has 1 saturated carbocycles. The Morgan fingerprint density at radius 1 is 1.04 bits per heavy atom. The molecule has 1 aliphatic carbocycles. The number of halogens is 1. The average molecular weight is 625 g/mol. The normalized spacial score (nSPS) is 24.2. The number of oxazole rings is 1. The molecule has 1 aromatic heterocycles. The number of carbonyl (C=O) groups is 2. The van der Waals surface area contributed by atoms with Crippen LogP contribution in [0.1, 0.15) is 44.1 Å². The summed E-state index contributed by atoms with van der Waals surface area (Å²) < 4.78 is 38.7. The number of amides is 1. The van der Waals surface area contributed by atoms with E-state index < -0.39 is 11.8 Å². The minimum Gasteiger partial charge on any atom is -0.495 e. The molecule has 2 saturated heterocycles. The molecule has 0 spiro atoms. The van der Waals surface area contributed by atoms with Gasteiger partial charge in [0.05, 0.1) is 57.1 Å². The van der Waals surface area contributed by atoms with Gasteiger partial charge in [0.2, 0.25) is 5.91 Å². The summed E-state index contributed by atoms with van der Waals surface area (Å²) in [5.74, 6) is -1.22. The number of nitrogens with zero attached hydrogens (tertiary/aromatic N) is 3. The van der Waals surface area contributed by atoms with Crippen molar-refractivity contribution in [3.63, 3.8) is 0 Å². The second-order valence-electron chi connectivity index (χ2n) is 12.2. The Morgan fingerprint density at radius 2 is 1.80 bits per heavy atom. The number of anilines is 2. The van der Waals surface area contributed by atoms with Gasteiger partial charge in [0, 0.05) is 31.2 Å². The molecule has 1 amide bonds. The molecule has 2 aromatic carbocycles. The number of rotatable bonds is 11. The fraction of sp³-hybridized carbons (Fsp3) is 0.545. The van der Waals surface area contributed by atoms with Crippen LogP contribution in [0.3, 0.4) is 0 Å². The van der Waals surface area contributed by atoms with Crippen molar-refractivity contribution >= 4 is 34.7 Å². The van der Waals surface area contributed by atoms with Crippen molar-refractivity contribution < 1.29 is 37.7 Å². The van der Waals surface area contributed by atoms with Crippen LogP contribution in [0.25, 0.3) is 11.1 Å². The van der Waals surface area contributed by atoms with E-state index in [9.17, 15) is 14.7 Å². The smallest absolute Gasteiger partial charge is 0.306 e. The number of likely N-dealkylation sites (tertiary alicyclic amines) is 1. The van der Waals surface area contributed by atoms with Gasteiger partial charge in [-0.1, -0.05) is 18.2 Å². The van der Waals surface area contributed by atoms with E-state index in [1.54, 1.807) is 31.4 Å². The van der Waals surface area contributed by atoms with E-state index in [0.29, 0.717) is 62.5 Å². The molecule has 3 aromatic rings. The second kappa shape index (κ2) is 14.1. The first-order valence-corrected chi connectivity index (χ1v) is 15.8. The number of aliphatic carboxylic acids is 1. The van der Waals surface area contributed by atoms with Gasteiger partial charge in [-0.05, 0) is 56.7 Å². The minimum atomic E-state index is -0.744. The monoisotopic (exact) mass is 624 g/mol. The fourth-order valence-corrected chi connectivity index (χ4v) is 6.82. The first-order valence-electron chi connectivity index (χ1n) is 15.8. The highest BCUT2D eigenvalue weighted by Crippen LogP contribution is 2.33. The number of ether oxygens (including phenoxy) is 3. The summed E-state index contributed by atoms with van der Waals surface area (Å²) in [5.41, 5.74) is 1.21. The lowest BCUT2D eigenvalue weighted by molar-refractivity contribution is -0.144. The van der Waals surface area contributed by atoms with Crippen molar-refractivity contribution in [2.24, 2.45) is 5.92 Å². The van der Waals surface area contributed by atoms with Crippen molar-refractivity contribution in [3.05, 3.63) is 47.8 Å². The number of para-hydroxylation sites is 2. The molecular weight excluding hydrogens is 583 g/mol. The van der Waals surface area contributed by atoms with E-state index in [1.165, 1.54) is 0 Å². The minimum absolute atomic E-state index is 0.0131. The van der Waals surface area contributed by atoms with Crippen molar-refractivity contribution in [1.29, 1.82) is 0 Å². The first kappa shape index (κ1) is 31.3. The fourth-order valence-electron chi connectivity index (χ4n) is 6.82. The van der Waals surface area contributed by atoms with Crippen LogP contribution in [-0.2, 0) is 25.5 Å². The van der Waals surface area contributed by atoms with Crippen molar-refractivity contribution in [1.82, 2.24) is 14.8 Å². The number of benzene rings is 2. The summed E-state index contributed by atoms with van der Waals surface area (Å²) >= 11 is 0. The topological polar surface area (TPSA) is 127 Å². The molecule has 0 radical (unpaired) electrons. The molecule has 3 fully saturated rings. The third kappa shape index (κ3) is 7.23. The van der Waals surface area contributed by atoms with Gasteiger partial charge < -0.3 is 34.0 Å². The number of morpholine rings is 1. The third-order valence-corrected chi connectivity index (χ3v) is 9.30. The second-order valence-corrected chi connectivity index (χ2v) is 12.2. The zero-order valence-corrected chi connectivity index (χ0v) is 25.6. The van der Waals surface area contributed by atoms with E-state index >= 15 is 4.39 Å².